The summed E-state index contributed by atoms with van der Waals surface area (Å²) in [5, 5.41) is 46.2. The summed E-state index contributed by atoms with van der Waals surface area (Å²) < 4.78 is 0. The normalized spacial score (nSPS) is 9.65. The first kappa shape index (κ1) is 73.3. The second-order valence-corrected chi connectivity index (χ2v) is 23.4. The van der Waals surface area contributed by atoms with Gasteiger partial charge in [0.15, 0.2) is 0 Å². The molecule has 470 valence electrons. The smallest absolute Gasteiger partial charge is 0.197 e. The van der Waals surface area contributed by atoms with Gasteiger partial charge >= 0.3 is 24.6 Å². The van der Waals surface area contributed by atoms with Crippen LogP contribution in [0.25, 0.3) is 44.5 Å². The maximum absolute atomic E-state index is 8.12. The Morgan fingerprint density at radius 3 is 0.914 bits per heavy atom. The molecule has 0 unspecified atom stereocenters. The molecule has 0 aliphatic carbocycles. The molecule has 4 N–H and O–H groups in total. The zero-order valence-electron chi connectivity index (χ0n) is 50.4. The monoisotopic (exact) mass is 1330 g/mol. The van der Waals surface area contributed by atoms with Gasteiger partial charge in [-0.25, -0.2) is 0 Å². The molecule has 20 nitrogen and oxygen atoms in total. The standard InChI is InChI=1S/C17H17N3S.2C16H15N3S.C15H12ClN3S.4CO2/c1-12-3-8-16(13(2)9-12)15-6-4-14(5-7-15)11-21-17-10-18-20-19-17;1-12-2-6-14(7-3-12)15-8-4-13(5-9-15)11-20-16-10-17-19-18-16;1-12-4-2-3-5-15(12)14-8-6-13(7-9-14)11-20-16-10-17-19-18-16;16-14-4-2-1-3-13(14)12-7-5-11(6-8-12)10-20-15-9-17-19-18-15;4*2-1-3/h3-10H,11H2,1-2H3,(H,18,19,20);2*2-10H,11H2,1H3,(H,17,18,19);1-9H,10H2,(H,17,18,19);;;;. The summed E-state index contributed by atoms with van der Waals surface area (Å²) in [5.41, 5.74) is 20.1. The predicted molar refractivity (Wildman–Crippen MR) is 355 cm³/mol. The highest BCUT2D eigenvalue weighted by Gasteiger charge is 2.08. The average molecular weight is 1340 g/mol. The summed E-state index contributed by atoms with van der Waals surface area (Å²) in [7, 11) is 0. The van der Waals surface area contributed by atoms with E-state index in [1.54, 1.807) is 71.8 Å². The van der Waals surface area contributed by atoms with Crippen molar-refractivity contribution in [3.05, 3.63) is 262 Å². The molecule has 12 rings (SSSR count). The van der Waals surface area contributed by atoms with Crippen molar-refractivity contribution in [1.29, 1.82) is 0 Å². The number of hydrogen-bond donors (Lipinski definition) is 4. The van der Waals surface area contributed by atoms with E-state index in [2.05, 4.69) is 253 Å². The number of nitrogens with one attached hydrogen (secondary N) is 4. The Hall–Kier alpha value is -10.5. The first-order valence-corrected chi connectivity index (χ1v) is 31.9. The maximum atomic E-state index is 8.12. The number of benzene rings is 8. The van der Waals surface area contributed by atoms with E-state index in [9.17, 15) is 0 Å². The number of nitrogens with zero attached hydrogens (tertiary/aromatic N) is 8. The Balaban J connectivity index is 0.000000212. The van der Waals surface area contributed by atoms with Crippen LogP contribution in [0.3, 0.4) is 0 Å². The summed E-state index contributed by atoms with van der Waals surface area (Å²) >= 11 is 12.9. The molecule has 0 radical (unpaired) electrons. The number of H-pyrrole nitrogens is 4. The highest BCUT2D eigenvalue weighted by Crippen LogP contribution is 2.31. The van der Waals surface area contributed by atoms with Gasteiger partial charge in [-0.15, -0.1) is 20.4 Å². The molecule has 0 aliphatic heterocycles. The molecule has 93 heavy (non-hydrogen) atoms. The van der Waals surface area contributed by atoms with Crippen LogP contribution in [0.2, 0.25) is 5.02 Å². The molecule has 0 saturated carbocycles. The molecule has 0 fully saturated rings. The zero-order chi connectivity index (χ0) is 66.8. The number of aryl methyl sites for hydroxylation is 4. The van der Waals surface area contributed by atoms with Gasteiger partial charge in [0.2, 0.25) is 0 Å². The van der Waals surface area contributed by atoms with Crippen molar-refractivity contribution < 1.29 is 38.4 Å². The van der Waals surface area contributed by atoms with Gasteiger partial charge in [-0.05, 0) is 106 Å². The van der Waals surface area contributed by atoms with E-state index in [-0.39, 0.29) is 24.6 Å². The third-order valence-corrected chi connectivity index (χ3v) is 16.9. The molecule has 0 saturated heterocycles. The van der Waals surface area contributed by atoms with Gasteiger partial charge in [0.25, 0.3) is 0 Å². The Bertz CT molecular complexity index is 4020. The minimum Gasteiger partial charge on any atom is -0.197 e. The van der Waals surface area contributed by atoms with Crippen molar-refractivity contribution in [1.82, 2.24) is 61.6 Å². The lowest BCUT2D eigenvalue weighted by atomic mass is 9.98. The lowest BCUT2D eigenvalue weighted by molar-refractivity contribution is -0.193. The molecule has 0 amide bonds. The van der Waals surface area contributed by atoms with Crippen LogP contribution in [0.1, 0.15) is 44.5 Å². The molecule has 0 atom stereocenters. The second kappa shape index (κ2) is 42.5. The number of thioether (sulfide) groups is 4. The van der Waals surface area contributed by atoms with Gasteiger partial charge in [-0.1, -0.05) is 252 Å². The fourth-order valence-electron chi connectivity index (χ4n) is 8.28. The highest BCUT2D eigenvalue weighted by molar-refractivity contribution is 7.99. The molecule has 12 aromatic rings. The Labute approximate surface area is 557 Å². The van der Waals surface area contributed by atoms with Crippen molar-refractivity contribution in [3.8, 4) is 44.5 Å². The molecule has 0 spiro atoms. The van der Waals surface area contributed by atoms with Gasteiger partial charge in [-0.2, -0.15) is 79.6 Å². The van der Waals surface area contributed by atoms with Crippen LogP contribution in [0.15, 0.2) is 233 Å². The third-order valence-electron chi connectivity index (χ3n) is 12.7. The fourth-order valence-corrected chi connectivity index (χ4v) is 11.5. The van der Waals surface area contributed by atoms with Gasteiger partial charge in [-0.3, -0.25) is 0 Å². The first-order chi connectivity index (χ1) is 45.3. The summed E-state index contributed by atoms with van der Waals surface area (Å²) in [6, 6.07) is 66.1. The fraction of sp³-hybridized carbons (Fsp3) is 0.118. The van der Waals surface area contributed by atoms with Crippen LogP contribution in [-0.4, -0.2) is 86.2 Å². The maximum Gasteiger partial charge on any atom is 0.373 e. The van der Waals surface area contributed by atoms with Crippen LogP contribution in [0, 0.1) is 27.7 Å². The Morgan fingerprint density at radius 1 is 0.323 bits per heavy atom. The summed E-state index contributed by atoms with van der Waals surface area (Å²) in [6.45, 7) is 8.54. The summed E-state index contributed by atoms with van der Waals surface area (Å²) in [5.74, 6) is 3.58. The van der Waals surface area contributed by atoms with Crippen molar-refractivity contribution in [2.24, 2.45) is 0 Å². The van der Waals surface area contributed by atoms with E-state index in [1.807, 2.05) is 24.3 Å². The minimum atomic E-state index is 0.250. The second-order valence-electron chi connectivity index (χ2n) is 19.0. The quantitative estimate of drug-likeness (QED) is 0.0653. The molecule has 0 bridgehead atoms. The number of halogens is 1. The van der Waals surface area contributed by atoms with Crippen molar-refractivity contribution in [2.45, 2.75) is 70.8 Å². The Kier molecular flexibility index (Phi) is 33.5. The van der Waals surface area contributed by atoms with Crippen LogP contribution in [0.4, 0.5) is 0 Å². The van der Waals surface area contributed by atoms with E-state index in [4.69, 9.17) is 50.0 Å². The lowest BCUT2D eigenvalue weighted by Crippen LogP contribution is -1.86. The molecule has 0 aliphatic rings. The van der Waals surface area contributed by atoms with E-state index >= 15 is 0 Å². The largest absolute Gasteiger partial charge is 0.373 e. The van der Waals surface area contributed by atoms with Crippen LogP contribution < -0.4 is 0 Å². The molecule has 4 aromatic heterocycles. The number of hydrogen-bond acceptors (Lipinski definition) is 20. The van der Waals surface area contributed by atoms with Gasteiger partial charge in [0, 0.05) is 33.6 Å². The summed E-state index contributed by atoms with van der Waals surface area (Å²) in [6.07, 6.45) is 7.95. The SMILES string of the molecule is Cc1ccc(-c2ccc(CSc3cn[nH]n3)cc2)c(C)c1.Cc1ccc(-c2ccc(CSc3cn[nH]n3)cc2)cc1.Cc1ccccc1-c1ccc(CSc2cn[nH]n2)cc1.Clc1ccccc1-c1ccc(CSc2cn[nH]n2)cc1.O=C=O.O=C=O.O=C=O.O=C=O. The molecule has 8 aromatic carbocycles. The molecule has 25 heteroatoms. The zero-order valence-corrected chi connectivity index (χ0v) is 54.4. The topological polar surface area (TPSA) is 303 Å². The van der Waals surface area contributed by atoms with Gasteiger partial charge in [0.1, 0.15) is 20.1 Å². The number of aromatic amines is 4. The van der Waals surface area contributed by atoms with Gasteiger partial charge < -0.3 is 0 Å². The number of aromatic nitrogens is 12. The van der Waals surface area contributed by atoms with Crippen LogP contribution in [-0.2, 0) is 61.4 Å². The van der Waals surface area contributed by atoms with Gasteiger partial charge in [0.05, 0.1) is 24.8 Å². The van der Waals surface area contributed by atoms with E-state index < -0.39 is 0 Å². The molecular formula is C68H59ClN12O8S4. The van der Waals surface area contributed by atoms with Crippen LogP contribution >= 0.6 is 58.6 Å². The summed E-state index contributed by atoms with van der Waals surface area (Å²) in [4.78, 5) is 65.0. The molecule has 4 heterocycles. The average Bonchev–Trinajstić information content (AvgIpc) is 3.15. The van der Waals surface area contributed by atoms with Crippen molar-refractivity contribution >= 4 is 83.3 Å². The van der Waals surface area contributed by atoms with E-state index in [0.717, 1.165) is 59.3 Å². The number of rotatable bonds is 16. The van der Waals surface area contributed by atoms with Crippen molar-refractivity contribution in [2.75, 3.05) is 0 Å². The van der Waals surface area contributed by atoms with E-state index in [1.165, 1.54) is 77.9 Å². The third kappa shape index (κ3) is 26.9. The lowest BCUT2D eigenvalue weighted by Gasteiger charge is -2.08. The van der Waals surface area contributed by atoms with Crippen LogP contribution in [0.5, 0.6) is 0 Å². The Morgan fingerprint density at radius 2 is 0.602 bits per heavy atom. The minimum absolute atomic E-state index is 0.250. The van der Waals surface area contributed by atoms with E-state index in [0.29, 0.717) is 0 Å². The number of carbonyl (C=O) groups excluding carboxylic acids is 8. The predicted octanol–water partition coefficient (Wildman–Crippen LogP) is 14.6. The van der Waals surface area contributed by atoms with Crippen molar-refractivity contribution in [3.63, 3.8) is 0 Å². The first-order valence-electron chi connectivity index (χ1n) is 27.6. The molecular weight excluding hydrogens is 1280 g/mol. The highest BCUT2D eigenvalue weighted by atomic mass is 35.5.